The van der Waals surface area contributed by atoms with Crippen LogP contribution in [-0.2, 0) is 19.2 Å². The Labute approximate surface area is 184 Å². The lowest BCUT2D eigenvalue weighted by molar-refractivity contribution is -0.133. The molecule has 32 heavy (non-hydrogen) atoms. The van der Waals surface area contributed by atoms with Gasteiger partial charge in [-0.1, -0.05) is 0 Å². The molecule has 0 aromatic rings. The molecule has 2 unspecified atom stereocenters. The molecule has 0 radical (unpaired) electrons. The maximum absolute atomic E-state index is 11.1. The zero-order valence-corrected chi connectivity index (χ0v) is 17.9. The van der Waals surface area contributed by atoms with Gasteiger partial charge in [-0.2, -0.15) is 0 Å². The molecule has 0 spiro atoms. The van der Waals surface area contributed by atoms with Crippen LogP contribution in [-0.4, -0.2) is 66.7 Å². The van der Waals surface area contributed by atoms with E-state index in [0.717, 1.165) is 36.5 Å². The van der Waals surface area contributed by atoms with Gasteiger partial charge in [0.1, 0.15) is 12.2 Å². The lowest BCUT2D eigenvalue weighted by atomic mass is 10.0. The Morgan fingerprint density at radius 1 is 0.500 bits per heavy atom. The highest BCUT2D eigenvalue weighted by Crippen LogP contribution is 2.15. The van der Waals surface area contributed by atoms with Crippen molar-refractivity contribution in [2.24, 2.45) is 0 Å². The summed E-state index contributed by atoms with van der Waals surface area (Å²) in [5.74, 6) is -5.12. The summed E-state index contributed by atoms with van der Waals surface area (Å²) in [7, 11) is 0. The molecule has 2 atom stereocenters. The van der Waals surface area contributed by atoms with Crippen LogP contribution in [0.1, 0.15) is 27.7 Å². The minimum atomic E-state index is -1.67. The van der Waals surface area contributed by atoms with E-state index in [1.165, 1.54) is 27.7 Å². The summed E-state index contributed by atoms with van der Waals surface area (Å²) in [6, 6.07) is 0. The Morgan fingerprint density at radius 2 is 0.688 bits per heavy atom. The summed E-state index contributed by atoms with van der Waals surface area (Å²) >= 11 is 0. The lowest BCUT2D eigenvalue weighted by Gasteiger charge is -2.13. The zero-order valence-electron chi connectivity index (χ0n) is 17.9. The Hall–Kier alpha value is -3.76. The first-order chi connectivity index (χ1) is 14.6. The normalized spacial score (nSPS) is 14.8. The largest absolute Gasteiger partial charge is 0.478 e. The van der Waals surface area contributed by atoms with Crippen molar-refractivity contribution in [3.63, 3.8) is 0 Å². The van der Waals surface area contributed by atoms with E-state index < -0.39 is 36.1 Å². The molecule has 0 fully saturated rings. The van der Waals surface area contributed by atoms with E-state index in [2.05, 4.69) is 0 Å². The smallest absolute Gasteiger partial charge is 0.331 e. The molecular formula is C22H26O10. The third-order valence-electron chi connectivity index (χ3n) is 3.96. The predicted molar refractivity (Wildman–Crippen MR) is 114 cm³/mol. The van der Waals surface area contributed by atoms with E-state index in [-0.39, 0.29) is 33.4 Å². The second-order valence-electron chi connectivity index (χ2n) is 6.84. The van der Waals surface area contributed by atoms with Crippen LogP contribution in [0.2, 0.25) is 0 Å². The summed E-state index contributed by atoms with van der Waals surface area (Å²) in [4.78, 5) is 44.3. The van der Waals surface area contributed by atoms with E-state index in [1.807, 2.05) is 0 Å². The molecule has 0 aliphatic rings. The Bertz CT molecular complexity index is 815. The number of rotatable bonds is 11. The summed E-state index contributed by atoms with van der Waals surface area (Å²) in [5, 5.41) is 56.8. The third kappa shape index (κ3) is 10.3. The molecule has 0 heterocycles. The van der Waals surface area contributed by atoms with E-state index >= 15 is 0 Å². The molecule has 0 aliphatic heterocycles. The van der Waals surface area contributed by atoms with Crippen LogP contribution in [0.25, 0.3) is 0 Å². The highest BCUT2D eigenvalue weighted by atomic mass is 16.4. The molecule has 0 aromatic heterocycles. The molecule has 0 aromatic carbocycles. The highest BCUT2D eigenvalue weighted by Gasteiger charge is 2.15. The number of aliphatic hydroxyl groups excluding tert-OH is 2. The third-order valence-corrected chi connectivity index (χ3v) is 3.96. The first-order valence-corrected chi connectivity index (χ1v) is 9.11. The van der Waals surface area contributed by atoms with Gasteiger partial charge in [-0.05, 0) is 75.3 Å². The maximum Gasteiger partial charge on any atom is 0.331 e. The Morgan fingerprint density at radius 3 is 0.844 bits per heavy atom. The second kappa shape index (κ2) is 12.8. The number of hydrogen-bond acceptors (Lipinski definition) is 6. The van der Waals surface area contributed by atoms with E-state index in [9.17, 15) is 29.4 Å². The first-order valence-electron chi connectivity index (χ1n) is 9.11. The van der Waals surface area contributed by atoms with Gasteiger partial charge in [-0.25, -0.2) is 19.2 Å². The summed E-state index contributed by atoms with van der Waals surface area (Å²) in [6.45, 7) is 5.00. The average Bonchev–Trinajstić information content (AvgIpc) is 2.66. The minimum absolute atomic E-state index is 0.0131. The monoisotopic (exact) mass is 450 g/mol. The number of allylic oxidation sites excluding steroid dienone is 6. The fourth-order valence-corrected chi connectivity index (χ4v) is 2.11. The van der Waals surface area contributed by atoms with Gasteiger partial charge in [0.2, 0.25) is 0 Å². The van der Waals surface area contributed by atoms with Crippen LogP contribution in [0.5, 0.6) is 0 Å². The number of aliphatic hydroxyl groups is 2. The summed E-state index contributed by atoms with van der Waals surface area (Å²) in [5.41, 5.74) is -0.679. The lowest BCUT2D eigenvalue weighted by Crippen LogP contribution is -2.22. The van der Waals surface area contributed by atoms with Gasteiger partial charge >= 0.3 is 23.9 Å². The van der Waals surface area contributed by atoms with Crippen molar-refractivity contribution in [2.75, 3.05) is 0 Å². The van der Waals surface area contributed by atoms with Crippen molar-refractivity contribution < 1.29 is 49.8 Å². The maximum atomic E-state index is 11.1. The minimum Gasteiger partial charge on any atom is -0.478 e. The summed E-state index contributed by atoms with van der Waals surface area (Å²) < 4.78 is 0. The van der Waals surface area contributed by atoms with Crippen molar-refractivity contribution in [1.29, 1.82) is 0 Å². The second-order valence-corrected chi connectivity index (χ2v) is 6.84. The molecule has 10 heteroatoms. The van der Waals surface area contributed by atoms with Gasteiger partial charge in [-0.3, -0.25) is 0 Å². The number of carboxylic acid groups (broad SMARTS) is 4. The number of aliphatic carboxylic acids is 4. The summed E-state index contributed by atoms with van der Waals surface area (Å²) in [6.07, 6.45) is 3.06. The number of carbonyl (C=O) groups is 4. The van der Waals surface area contributed by atoms with E-state index in [0.29, 0.717) is 0 Å². The molecule has 0 saturated carbocycles. The Balaban J connectivity index is 6.37. The standard InChI is InChI=1S/C22H26O10/c1-11(19(25)26)5-15(6-12(2)20(27)28)9-17(23)18(24)10-16(7-13(3)21(29)30)8-14(4)22(31)32/h5-10,17-18,23-24H,1-4H3,(H,25,26)(H,27,28)(H,29,30)(H,31,32). The molecule has 0 aliphatic carbocycles. The van der Waals surface area contributed by atoms with Gasteiger partial charge < -0.3 is 30.6 Å². The van der Waals surface area contributed by atoms with Crippen LogP contribution in [0, 0.1) is 0 Å². The van der Waals surface area contributed by atoms with Crippen LogP contribution in [0.15, 0.2) is 69.9 Å². The predicted octanol–water partition coefficient (Wildman–Crippen LogP) is 1.68. The van der Waals surface area contributed by atoms with Crippen LogP contribution < -0.4 is 0 Å². The fourth-order valence-electron chi connectivity index (χ4n) is 2.11. The molecule has 0 saturated heterocycles. The highest BCUT2D eigenvalue weighted by molar-refractivity contribution is 5.89. The van der Waals surface area contributed by atoms with Gasteiger partial charge in [-0.15, -0.1) is 0 Å². The quantitative estimate of drug-likeness (QED) is 0.199. The van der Waals surface area contributed by atoms with Crippen LogP contribution in [0.3, 0.4) is 0 Å². The van der Waals surface area contributed by atoms with Gasteiger partial charge in [0.05, 0.1) is 0 Å². The van der Waals surface area contributed by atoms with Crippen LogP contribution in [0.4, 0.5) is 0 Å². The van der Waals surface area contributed by atoms with Gasteiger partial charge in [0.25, 0.3) is 0 Å². The molecule has 10 nitrogen and oxygen atoms in total. The zero-order chi connectivity index (χ0) is 25.2. The first kappa shape index (κ1) is 28.2. The topological polar surface area (TPSA) is 190 Å². The van der Waals surface area contributed by atoms with Gasteiger partial charge in [0, 0.05) is 22.3 Å². The van der Waals surface area contributed by atoms with E-state index in [1.54, 1.807) is 0 Å². The number of carboxylic acids is 4. The molecule has 0 bridgehead atoms. The van der Waals surface area contributed by atoms with Crippen LogP contribution >= 0.6 is 0 Å². The number of hydrogen-bond donors (Lipinski definition) is 6. The van der Waals surface area contributed by atoms with Crippen molar-refractivity contribution in [3.05, 3.63) is 69.9 Å². The SMILES string of the molecule is CC(=CC(=CC(O)C(O)C=C(C=C(C)C(=O)O)C=C(C)C(=O)O)C=C(C)C(=O)O)C(=O)O. The van der Waals surface area contributed by atoms with Crippen molar-refractivity contribution >= 4 is 23.9 Å². The molecular weight excluding hydrogens is 424 g/mol. The fraction of sp³-hybridized carbons (Fsp3) is 0.273. The van der Waals surface area contributed by atoms with Crippen molar-refractivity contribution in [1.82, 2.24) is 0 Å². The van der Waals surface area contributed by atoms with Gasteiger partial charge in [0.15, 0.2) is 0 Å². The molecule has 6 N–H and O–H groups in total. The molecule has 174 valence electrons. The molecule has 0 amide bonds. The van der Waals surface area contributed by atoms with Crippen molar-refractivity contribution in [3.8, 4) is 0 Å². The Kier molecular flexibility index (Phi) is 11.3. The average molecular weight is 450 g/mol. The van der Waals surface area contributed by atoms with Crippen molar-refractivity contribution in [2.45, 2.75) is 39.9 Å². The van der Waals surface area contributed by atoms with E-state index in [4.69, 9.17) is 20.4 Å². The molecule has 0 rings (SSSR count).